The predicted octanol–water partition coefficient (Wildman–Crippen LogP) is 2.77. The van der Waals surface area contributed by atoms with Crippen molar-refractivity contribution in [2.45, 2.75) is 49.6 Å². The van der Waals surface area contributed by atoms with Crippen molar-refractivity contribution in [2.75, 3.05) is 23.7 Å². The quantitative estimate of drug-likeness (QED) is 0.526. The number of fused-ring (bicyclic) bond motifs is 1. The van der Waals surface area contributed by atoms with Crippen molar-refractivity contribution in [2.24, 2.45) is 5.92 Å². The van der Waals surface area contributed by atoms with Crippen molar-refractivity contribution in [3.05, 3.63) is 47.9 Å². The number of carbonyl (C=O) groups is 1. The number of hydrogen-bond acceptors (Lipinski definition) is 6. The van der Waals surface area contributed by atoms with Gasteiger partial charge in [-0.3, -0.25) is 4.79 Å². The van der Waals surface area contributed by atoms with Crippen LogP contribution in [0.1, 0.15) is 44.2 Å². The van der Waals surface area contributed by atoms with Crippen LogP contribution in [-0.2, 0) is 14.8 Å². The molecule has 1 aliphatic heterocycles. The Morgan fingerprint density at radius 3 is 2.53 bits per heavy atom. The predicted molar refractivity (Wildman–Crippen MR) is 120 cm³/mol. The number of anilines is 2. The van der Waals surface area contributed by atoms with Crippen molar-refractivity contribution in [3.8, 4) is 0 Å². The standard InChI is InChI=1S/C22H28FN5O3S/c1-14(15-2-6-17(23)7-3-15)27-22(29)16-4-8-18(9-5-16)28-32(30,31)19-12-20-21(26-13-19)25-11-10-24-20/h2-3,6-7,12-14,16,18,24,28H,4-5,8-11H2,1H3,(H,25,26)(H,27,29)/t14-,16-,18-/m1/s1. The van der Waals surface area contributed by atoms with Gasteiger partial charge in [0.05, 0.1) is 11.7 Å². The third-order valence-corrected chi connectivity index (χ3v) is 7.54. The number of rotatable bonds is 6. The Balaban J connectivity index is 1.30. The molecule has 2 heterocycles. The van der Waals surface area contributed by atoms with E-state index in [0.29, 0.717) is 43.7 Å². The molecule has 0 bridgehead atoms. The summed E-state index contributed by atoms with van der Waals surface area (Å²) in [5.41, 5.74) is 1.51. The highest BCUT2D eigenvalue weighted by Gasteiger charge is 2.30. The van der Waals surface area contributed by atoms with Gasteiger partial charge in [0.1, 0.15) is 16.5 Å². The maximum absolute atomic E-state index is 13.1. The zero-order valence-corrected chi connectivity index (χ0v) is 18.7. The van der Waals surface area contributed by atoms with E-state index in [0.717, 1.165) is 12.1 Å². The van der Waals surface area contributed by atoms with Crippen LogP contribution >= 0.6 is 0 Å². The van der Waals surface area contributed by atoms with Crippen molar-refractivity contribution < 1.29 is 17.6 Å². The summed E-state index contributed by atoms with van der Waals surface area (Å²) >= 11 is 0. The molecule has 4 N–H and O–H groups in total. The zero-order chi connectivity index (χ0) is 22.7. The van der Waals surface area contributed by atoms with Crippen LogP contribution in [0.25, 0.3) is 0 Å². The normalized spacial score (nSPS) is 21.6. The summed E-state index contributed by atoms with van der Waals surface area (Å²) in [4.78, 5) is 17.0. The number of nitrogens with zero attached hydrogens (tertiary/aromatic N) is 1. The number of pyridine rings is 1. The van der Waals surface area contributed by atoms with E-state index in [2.05, 4.69) is 25.7 Å². The number of benzene rings is 1. The minimum atomic E-state index is -3.70. The van der Waals surface area contributed by atoms with Crippen LogP contribution in [0.4, 0.5) is 15.9 Å². The summed E-state index contributed by atoms with van der Waals surface area (Å²) < 4.78 is 41.5. The molecule has 1 aliphatic carbocycles. The number of halogens is 1. The van der Waals surface area contributed by atoms with Crippen LogP contribution in [0.15, 0.2) is 41.4 Å². The van der Waals surface area contributed by atoms with Crippen molar-refractivity contribution >= 4 is 27.4 Å². The molecule has 10 heteroatoms. The molecule has 1 atom stereocenters. The molecule has 0 unspecified atom stereocenters. The summed E-state index contributed by atoms with van der Waals surface area (Å²) in [6, 6.07) is 7.21. The molecule has 0 saturated heterocycles. The van der Waals surface area contributed by atoms with Gasteiger partial charge in [0.2, 0.25) is 15.9 Å². The number of sulfonamides is 1. The molecule has 172 valence electrons. The molecule has 1 aromatic heterocycles. The smallest absolute Gasteiger partial charge is 0.242 e. The summed E-state index contributed by atoms with van der Waals surface area (Å²) in [7, 11) is -3.70. The highest BCUT2D eigenvalue weighted by atomic mass is 32.2. The third kappa shape index (κ3) is 5.18. The molecule has 2 aromatic rings. The lowest BCUT2D eigenvalue weighted by Crippen LogP contribution is -2.41. The minimum absolute atomic E-state index is 0.0550. The van der Waals surface area contributed by atoms with Crippen LogP contribution in [0, 0.1) is 11.7 Å². The first-order valence-corrected chi connectivity index (χ1v) is 12.4. The highest BCUT2D eigenvalue weighted by Crippen LogP contribution is 2.28. The first-order chi connectivity index (χ1) is 15.3. The second-order valence-electron chi connectivity index (χ2n) is 8.37. The van der Waals surface area contributed by atoms with Gasteiger partial charge in [-0.1, -0.05) is 12.1 Å². The SMILES string of the molecule is C[C@@H](NC(=O)[C@H]1CC[C@H](NS(=O)(=O)c2cnc3c(c2)NCCN3)CC1)c1ccc(F)cc1. The molecule has 1 fully saturated rings. The molecule has 1 amide bonds. The molecule has 0 spiro atoms. The Bertz CT molecular complexity index is 1070. The van der Waals surface area contributed by atoms with Crippen molar-refractivity contribution in [1.82, 2.24) is 15.0 Å². The van der Waals surface area contributed by atoms with Crippen LogP contribution < -0.4 is 20.7 Å². The topological polar surface area (TPSA) is 112 Å². The summed E-state index contributed by atoms with van der Waals surface area (Å²) in [6.45, 7) is 3.31. The van der Waals surface area contributed by atoms with Crippen molar-refractivity contribution in [3.63, 3.8) is 0 Å². The van der Waals surface area contributed by atoms with Gasteiger partial charge in [0, 0.05) is 31.2 Å². The van der Waals surface area contributed by atoms with Gasteiger partial charge in [-0.05, 0) is 56.4 Å². The van der Waals surface area contributed by atoms with Gasteiger partial charge < -0.3 is 16.0 Å². The van der Waals surface area contributed by atoms with E-state index in [1.165, 1.54) is 18.3 Å². The van der Waals surface area contributed by atoms with E-state index in [1.54, 1.807) is 18.2 Å². The van der Waals surface area contributed by atoms with E-state index >= 15 is 0 Å². The van der Waals surface area contributed by atoms with Gasteiger partial charge in [-0.2, -0.15) is 0 Å². The fraction of sp³-hybridized carbons (Fsp3) is 0.455. The first-order valence-electron chi connectivity index (χ1n) is 10.9. The van der Waals surface area contributed by atoms with Crippen molar-refractivity contribution in [1.29, 1.82) is 0 Å². The van der Waals surface area contributed by atoms with Gasteiger partial charge in [-0.25, -0.2) is 22.5 Å². The molecule has 1 aromatic carbocycles. The second kappa shape index (κ2) is 9.41. The van der Waals surface area contributed by atoms with E-state index in [4.69, 9.17) is 0 Å². The van der Waals surface area contributed by atoms with E-state index in [-0.39, 0.29) is 34.6 Å². The first kappa shape index (κ1) is 22.5. The summed E-state index contributed by atoms with van der Waals surface area (Å²) in [5.74, 6) is 0.115. The molecule has 32 heavy (non-hydrogen) atoms. The monoisotopic (exact) mass is 461 g/mol. The van der Waals surface area contributed by atoms with E-state index < -0.39 is 10.0 Å². The maximum Gasteiger partial charge on any atom is 0.242 e. The lowest BCUT2D eigenvalue weighted by Gasteiger charge is -2.29. The van der Waals surface area contributed by atoms with Gasteiger partial charge in [0.15, 0.2) is 0 Å². The Morgan fingerprint density at radius 1 is 1.12 bits per heavy atom. The molecule has 4 rings (SSSR count). The Labute approximate surface area is 187 Å². The molecule has 1 saturated carbocycles. The zero-order valence-electron chi connectivity index (χ0n) is 17.9. The lowest BCUT2D eigenvalue weighted by molar-refractivity contribution is -0.126. The Morgan fingerprint density at radius 2 is 1.81 bits per heavy atom. The number of carbonyl (C=O) groups excluding carboxylic acids is 1. The number of aromatic nitrogens is 1. The fourth-order valence-electron chi connectivity index (χ4n) is 4.17. The average Bonchev–Trinajstić information content (AvgIpc) is 2.79. The Kier molecular flexibility index (Phi) is 6.61. The van der Waals surface area contributed by atoms with Gasteiger partial charge >= 0.3 is 0 Å². The fourth-order valence-corrected chi connectivity index (χ4v) is 5.45. The number of nitrogens with one attached hydrogen (secondary N) is 4. The second-order valence-corrected chi connectivity index (χ2v) is 10.1. The lowest BCUT2D eigenvalue weighted by atomic mass is 9.85. The molecule has 8 nitrogen and oxygen atoms in total. The largest absolute Gasteiger partial charge is 0.380 e. The van der Waals surface area contributed by atoms with E-state index in [1.807, 2.05) is 6.92 Å². The number of hydrogen-bond donors (Lipinski definition) is 4. The van der Waals surface area contributed by atoms with Crippen LogP contribution in [0.2, 0.25) is 0 Å². The van der Waals surface area contributed by atoms with Crippen LogP contribution in [0.5, 0.6) is 0 Å². The minimum Gasteiger partial charge on any atom is -0.380 e. The number of amides is 1. The van der Waals surface area contributed by atoms with Crippen LogP contribution in [-0.4, -0.2) is 38.4 Å². The Hall–Kier alpha value is -2.72. The van der Waals surface area contributed by atoms with Crippen LogP contribution in [0.3, 0.4) is 0 Å². The van der Waals surface area contributed by atoms with Gasteiger partial charge in [-0.15, -0.1) is 0 Å². The average molecular weight is 462 g/mol. The molecule has 2 aliphatic rings. The maximum atomic E-state index is 13.1. The third-order valence-electron chi connectivity index (χ3n) is 6.05. The molecular formula is C22H28FN5O3S. The molecular weight excluding hydrogens is 433 g/mol. The highest BCUT2D eigenvalue weighted by molar-refractivity contribution is 7.89. The van der Waals surface area contributed by atoms with E-state index in [9.17, 15) is 17.6 Å². The van der Waals surface area contributed by atoms with Gasteiger partial charge in [0.25, 0.3) is 0 Å². The summed E-state index contributed by atoms with van der Waals surface area (Å²) in [5, 5.41) is 9.25. The summed E-state index contributed by atoms with van der Waals surface area (Å²) in [6.07, 6.45) is 3.73. The molecule has 0 radical (unpaired) electrons.